The maximum atomic E-state index is 3.60. The summed E-state index contributed by atoms with van der Waals surface area (Å²) in [5.74, 6) is 1.61. The normalized spacial score (nSPS) is 16.0. The van der Waals surface area contributed by atoms with Crippen molar-refractivity contribution >= 4 is 0 Å². The molecule has 0 spiro atoms. The second kappa shape index (κ2) is 7.27. The lowest BCUT2D eigenvalue weighted by atomic mass is 9.80. The second-order valence-corrected chi connectivity index (χ2v) is 5.81. The van der Waals surface area contributed by atoms with Crippen LogP contribution in [0.1, 0.15) is 66.7 Å². The van der Waals surface area contributed by atoms with Crippen molar-refractivity contribution in [3.8, 4) is 0 Å². The molecule has 0 aliphatic carbocycles. The molecule has 0 aromatic rings. The zero-order valence-electron chi connectivity index (χ0n) is 11.7. The zero-order valence-corrected chi connectivity index (χ0v) is 11.7. The molecule has 1 heteroatoms. The minimum Gasteiger partial charge on any atom is -0.314 e. The molecule has 0 radical (unpaired) electrons. The Hall–Kier alpha value is -0.0400. The molecule has 0 saturated carbocycles. The Balaban J connectivity index is 4.35. The Bertz CT molecular complexity index is 151. The standard InChI is InChI=1S/C14H31N/c1-7-9-14(15-6,11-13(4)5)10-8-12(2)3/h12-13,15H,7-11H2,1-6H3. The van der Waals surface area contributed by atoms with Crippen LogP contribution in [0.2, 0.25) is 0 Å². The van der Waals surface area contributed by atoms with Crippen LogP contribution in [0.3, 0.4) is 0 Å². The fourth-order valence-electron chi connectivity index (χ4n) is 2.51. The van der Waals surface area contributed by atoms with Crippen molar-refractivity contribution in [2.24, 2.45) is 11.8 Å². The van der Waals surface area contributed by atoms with E-state index in [9.17, 15) is 0 Å². The van der Waals surface area contributed by atoms with Crippen molar-refractivity contribution in [2.75, 3.05) is 7.05 Å². The first-order chi connectivity index (χ1) is 6.95. The quantitative estimate of drug-likeness (QED) is 0.636. The molecule has 15 heavy (non-hydrogen) atoms. The molecule has 92 valence electrons. The Kier molecular flexibility index (Phi) is 7.25. The van der Waals surface area contributed by atoms with Crippen LogP contribution in [-0.2, 0) is 0 Å². The van der Waals surface area contributed by atoms with E-state index in [2.05, 4.69) is 47.0 Å². The van der Waals surface area contributed by atoms with E-state index >= 15 is 0 Å². The van der Waals surface area contributed by atoms with Crippen molar-refractivity contribution in [2.45, 2.75) is 72.3 Å². The minimum absolute atomic E-state index is 0.396. The lowest BCUT2D eigenvalue weighted by Gasteiger charge is -2.36. The van der Waals surface area contributed by atoms with Gasteiger partial charge in [-0.25, -0.2) is 0 Å². The molecule has 0 saturated heterocycles. The molecule has 1 nitrogen and oxygen atoms in total. The number of nitrogens with one attached hydrogen (secondary N) is 1. The molecule has 1 atom stereocenters. The fraction of sp³-hybridized carbons (Fsp3) is 1.00. The molecule has 0 aromatic heterocycles. The highest BCUT2D eigenvalue weighted by molar-refractivity contribution is 4.87. The number of hydrogen-bond donors (Lipinski definition) is 1. The molecule has 0 aliphatic heterocycles. The molecule has 0 rings (SSSR count). The smallest absolute Gasteiger partial charge is 0.0181 e. The third-order valence-corrected chi connectivity index (χ3v) is 3.26. The molecule has 0 fully saturated rings. The van der Waals surface area contributed by atoms with E-state index in [1.165, 1.54) is 32.1 Å². The predicted molar refractivity (Wildman–Crippen MR) is 70.2 cm³/mol. The van der Waals surface area contributed by atoms with Crippen molar-refractivity contribution in [3.05, 3.63) is 0 Å². The van der Waals surface area contributed by atoms with Crippen LogP contribution in [-0.4, -0.2) is 12.6 Å². The first kappa shape index (κ1) is 15.0. The van der Waals surface area contributed by atoms with Gasteiger partial charge in [-0.1, -0.05) is 41.0 Å². The van der Waals surface area contributed by atoms with Crippen LogP contribution < -0.4 is 5.32 Å². The third-order valence-electron chi connectivity index (χ3n) is 3.26. The van der Waals surface area contributed by atoms with Gasteiger partial charge in [0.15, 0.2) is 0 Å². The lowest BCUT2D eigenvalue weighted by Crippen LogP contribution is -2.44. The predicted octanol–water partition coefficient (Wildman–Crippen LogP) is 4.23. The molecule has 0 aliphatic rings. The van der Waals surface area contributed by atoms with Gasteiger partial charge in [-0.2, -0.15) is 0 Å². The van der Waals surface area contributed by atoms with Gasteiger partial charge in [-0.15, -0.1) is 0 Å². The number of rotatable bonds is 8. The summed E-state index contributed by atoms with van der Waals surface area (Å²) in [6.45, 7) is 11.6. The molecule has 0 heterocycles. The van der Waals surface area contributed by atoms with Crippen LogP contribution in [0, 0.1) is 11.8 Å². The minimum atomic E-state index is 0.396. The monoisotopic (exact) mass is 213 g/mol. The maximum Gasteiger partial charge on any atom is 0.0181 e. The molecule has 1 unspecified atom stereocenters. The molecular formula is C14H31N. The van der Waals surface area contributed by atoms with E-state index < -0.39 is 0 Å². The Morgan fingerprint density at radius 3 is 1.93 bits per heavy atom. The highest BCUT2D eigenvalue weighted by atomic mass is 14.9. The molecule has 0 aromatic carbocycles. The van der Waals surface area contributed by atoms with E-state index in [1.54, 1.807) is 0 Å². The first-order valence-electron chi connectivity index (χ1n) is 6.64. The average molecular weight is 213 g/mol. The molecule has 0 bridgehead atoms. The number of hydrogen-bond acceptors (Lipinski definition) is 1. The SMILES string of the molecule is CCCC(CCC(C)C)(CC(C)C)NC. The van der Waals surface area contributed by atoms with Gasteiger partial charge in [0, 0.05) is 5.54 Å². The topological polar surface area (TPSA) is 12.0 Å². The van der Waals surface area contributed by atoms with Gasteiger partial charge in [0.25, 0.3) is 0 Å². The average Bonchev–Trinajstić information content (AvgIpc) is 2.14. The maximum absolute atomic E-state index is 3.60. The zero-order chi connectivity index (χ0) is 11.9. The molecule has 1 N–H and O–H groups in total. The second-order valence-electron chi connectivity index (χ2n) is 5.81. The first-order valence-corrected chi connectivity index (χ1v) is 6.64. The lowest BCUT2D eigenvalue weighted by molar-refractivity contribution is 0.230. The third kappa shape index (κ3) is 6.19. The summed E-state index contributed by atoms with van der Waals surface area (Å²) in [5.41, 5.74) is 0.396. The summed E-state index contributed by atoms with van der Waals surface area (Å²) >= 11 is 0. The molecule has 0 amide bonds. The van der Waals surface area contributed by atoms with E-state index in [0.29, 0.717) is 5.54 Å². The van der Waals surface area contributed by atoms with Crippen LogP contribution >= 0.6 is 0 Å². The summed E-state index contributed by atoms with van der Waals surface area (Å²) in [7, 11) is 2.14. The Morgan fingerprint density at radius 2 is 1.60 bits per heavy atom. The van der Waals surface area contributed by atoms with Crippen LogP contribution in [0.25, 0.3) is 0 Å². The van der Waals surface area contributed by atoms with Crippen molar-refractivity contribution in [1.29, 1.82) is 0 Å². The van der Waals surface area contributed by atoms with E-state index in [0.717, 1.165) is 11.8 Å². The summed E-state index contributed by atoms with van der Waals surface area (Å²) in [4.78, 5) is 0. The van der Waals surface area contributed by atoms with Crippen LogP contribution in [0.15, 0.2) is 0 Å². The van der Waals surface area contributed by atoms with Gasteiger partial charge in [0.05, 0.1) is 0 Å². The Labute approximate surface area is 97.0 Å². The van der Waals surface area contributed by atoms with Gasteiger partial charge in [-0.05, 0) is 44.6 Å². The Morgan fingerprint density at radius 1 is 1.00 bits per heavy atom. The van der Waals surface area contributed by atoms with Gasteiger partial charge in [0.1, 0.15) is 0 Å². The molecular weight excluding hydrogens is 182 g/mol. The van der Waals surface area contributed by atoms with Crippen molar-refractivity contribution in [1.82, 2.24) is 5.32 Å². The van der Waals surface area contributed by atoms with Gasteiger partial charge < -0.3 is 5.32 Å². The van der Waals surface area contributed by atoms with Crippen molar-refractivity contribution in [3.63, 3.8) is 0 Å². The van der Waals surface area contributed by atoms with E-state index in [1.807, 2.05) is 0 Å². The van der Waals surface area contributed by atoms with E-state index in [4.69, 9.17) is 0 Å². The van der Waals surface area contributed by atoms with Gasteiger partial charge in [0.2, 0.25) is 0 Å². The summed E-state index contributed by atoms with van der Waals surface area (Å²) < 4.78 is 0. The van der Waals surface area contributed by atoms with Crippen LogP contribution in [0.5, 0.6) is 0 Å². The largest absolute Gasteiger partial charge is 0.314 e. The summed E-state index contributed by atoms with van der Waals surface area (Å²) in [6, 6.07) is 0. The van der Waals surface area contributed by atoms with Gasteiger partial charge in [-0.3, -0.25) is 0 Å². The highest BCUT2D eigenvalue weighted by Crippen LogP contribution is 2.28. The summed E-state index contributed by atoms with van der Waals surface area (Å²) in [6.07, 6.45) is 6.57. The highest BCUT2D eigenvalue weighted by Gasteiger charge is 2.27. The van der Waals surface area contributed by atoms with E-state index in [-0.39, 0.29) is 0 Å². The summed E-state index contributed by atoms with van der Waals surface area (Å²) in [5, 5.41) is 3.60. The fourth-order valence-corrected chi connectivity index (χ4v) is 2.51. The van der Waals surface area contributed by atoms with Crippen LogP contribution in [0.4, 0.5) is 0 Å². The van der Waals surface area contributed by atoms with Gasteiger partial charge >= 0.3 is 0 Å². The van der Waals surface area contributed by atoms with Crippen molar-refractivity contribution < 1.29 is 0 Å².